The molecule has 1 aromatic heterocycles. The maximum Gasteiger partial charge on any atom is 0.328 e. The van der Waals surface area contributed by atoms with E-state index in [-0.39, 0.29) is 5.91 Å². The van der Waals surface area contributed by atoms with Crippen LogP contribution in [0.2, 0.25) is 0 Å². The lowest BCUT2D eigenvalue weighted by Crippen LogP contribution is -2.43. The number of H-pyrrole nitrogens is 1. The second kappa shape index (κ2) is 7.61. The quantitative estimate of drug-likeness (QED) is 0.614. The molecule has 0 radical (unpaired) electrons. The number of nitrogens with zero attached hydrogens (tertiary/aromatic N) is 1. The fraction of sp³-hybridized carbons (Fsp3) is 0.533. The molecule has 6 heteroatoms. The van der Waals surface area contributed by atoms with Crippen LogP contribution in [0.25, 0.3) is 0 Å². The molecular weight excluding hydrogens is 270 g/mol. The monoisotopic (exact) mass is 291 g/mol. The summed E-state index contributed by atoms with van der Waals surface area (Å²) in [5, 5.41) is 2.75. The first kappa shape index (κ1) is 15.3. The van der Waals surface area contributed by atoms with Crippen LogP contribution in [0.4, 0.5) is 0 Å². The summed E-state index contributed by atoms with van der Waals surface area (Å²) < 4.78 is 4.75. The molecule has 0 saturated carbocycles. The number of aromatic amines is 1. The third kappa shape index (κ3) is 4.73. The highest BCUT2D eigenvalue weighted by molar-refractivity contribution is 5.85. The molecule has 0 fully saturated rings. The number of amides is 1. The van der Waals surface area contributed by atoms with Crippen LogP contribution in [0.5, 0.6) is 0 Å². The molecule has 1 aromatic rings. The molecule has 1 heterocycles. The van der Waals surface area contributed by atoms with Gasteiger partial charge < -0.3 is 15.0 Å². The molecule has 6 nitrogen and oxygen atoms in total. The molecule has 0 bridgehead atoms. The summed E-state index contributed by atoms with van der Waals surface area (Å²) in [7, 11) is 1.32. The summed E-state index contributed by atoms with van der Waals surface area (Å²) in [6.45, 7) is 0. The first-order chi connectivity index (χ1) is 10.2. The number of hydrogen-bond donors (Lipinski definition) is 2. The van der Waals surface area contributed by atoms with Crippen molar-refractivity contribution in [3.63, 3.8) is 0 Å². The minimum absolute atomic E-state index is 0.141. The van der Waals surface area contributed by atoms with Crippen LogP contribution in [0.1, 0.15) is 37.8 Å². The van der Waals surface area contributed by atoms with Crippen molar-refractivity contribution >= 4 is 11.9 Å². The summed E-state index contributed by atoms with van der Waals surface area (Å²) >= 11 is 0. The Kier molecular flexibility index (Phi) is 5.54. The number of carbonyl (C=O) groups is 2. The number of rotatable bonds is 6. The summed E-state index contributed by atoms with van der Waals surface area (Å²) in [4.78, 5) is 30.7. The lowest BCUT2D eigenvalue weighted by Gasteiger charge is -2.17. The Balaban J connectivity index is 1.92. The van der Waals surface area contributed by atoms with Gasteiger partial charge >= 0.3 is 5.97 Å². The lowest BCUT2D eigenvalue weighted by molar-refractivity contribution is -0.145. The molecule has 1 aliphatic rings. The van der Waals surface area contributed by atoms with Crippen LogP contribution >= 0.6 is 0 Å². The highest BCUT2D eigenvalue weighted by atomic mass is 16.5. The molecule has 1 atom stereocenters. The van der Waals surface area contributed by atoms with Crippen LogP contribution < -0.4 is 5.32 Å². The highest BCUT2D eigenvalue weighted by Crippen LogP contribution is 2.19. The Labute approximate surface area is 124 Å². The predicted octanol–water partition coefficient (Wildman–Crippen LogP) is 1.50. The zero-order valence-corrected chi connectivity index (χ0v) is 12.2. The average Bonchev–Trinajstić information content (AvgIpc) is 2.99. The first-order valence-corrected chi connectivity index (χ1v) is 7.21. The van der Waals surface area contributed by atoms with E-state index in [0.717, 1.165) is 30.5 Å². The third-order valence-electron chi connectivity index (χ3n) is 3.57. The summed E-state index contributed by atoms with van der Waals surface area (Å²) in [6.07, 6.45) is 10.3. The molecule has 0 saturated heterocycles. The van der Waals surface area contributed by atoms with Gasteiger partial charge in [0.15, 0.2) is 0 Å². The van der Waals surface area contributed by atoms with Gasteiger partial charge in [0, 0.05) is 24.7 Å². The van der Waals surface area contributed by atoms with Crippen molar-refractivity contribution in [3.05, 3.63) is 29.9 Å². The van der Waals surface area contributed by atoms with Crippen LogP contribution in [0.3, 0.4) is 0 Å². The van der Waals surface area contributed by atoms with E-state index in [1.54, 1.807) is 12.5 Å². The molecule has 2 rings (SSSR count). The summed E-state index contributed by atoms with van der Waals surface area (Å²) in [6, 6.07) is -0.688. The van der Waals surface area contributed by atoms with Gasteiger partial charge in [0.25, 0.3) is 0 Å². The van der Waals surface area contributed by atoms with E-state index in [1.165, 1.54) is 13.5 Å². The number of ether oxygens (including phenoxy) is 1. The lowest BCUT2D eigenvalue weighted by atomic mass is 9.97. The fourth-order valence-corrected chi connectivity index (χ4v) is 2.47. The topological polar surface area (TPSA) is 84.1 Å². The van der Waals surface area contributed by atoms with E-state index >= 15 is 0 Å². The molecule has 0 spiro atoms. The van der Waals surface area contributed by atoms with E-state index in [0.29, 0.717) is 12.8 Å². The predicted molar refractivity (Wildman–Crippen MR) is 77.4 cm³/mol. The van der Waals surface area contributed by atoms with Crippen LogP contribution in [-0.2, 0) is 20.7 Å². The fourth-order valence-electron chi connectivity index (χ4n) is 2.47. The van der Waals surface area contributed by atoms with Gasteiger partial charge in [-0.05, 0) is 25.7 Å². The van der Waals surface area contributed by atoms with E-state index < -0.39 is 12.0 Å². The van der Waals surface area contributed by atoms with Crippen molar-refractivity contribution in [3.8, 4) is 0 Å². The van der Waals surface area contributed by atoms with Crippen LogP contribution in [-0.4, -0.2) is 35.0 Å². The number of hydrogen-bond acceptors (Lipinski definition) is 4. The zero-order chi connectivity index (χ0) is 15.1. The maximum absolute atomic E-state index is 12.1. The van der Waals surface area contributed by atoms with Gasteiger partial charge in [-0.25, -0.2) is 9.78 Å². The van der Waals surface area contributed by atoms with Crippen molar-refractivity contribution in [2.24, 2.45) is 0 Å². The van der Waals surface area contributed by atoms with Gasteiger partial charge in [-0.2, -0.15) is 0 Å². The second-order valence-electron chi connectivity index (χ2n) is 5.21. The third-order valence-corrected chi connectivity index (χ3v) is 3.57. The maximum atomic E-state index is 12.1. The largest absolute Gasteiger partial charge is 0.467 e. The van der Waals surface area contributed by atoms with Gasteiger partial charge in [-0.1, -0.05) is 11.6 Å². The molecule has 0 aromatic carbocycles. The second-order valence-corrected chi connectivity index (χ2v) is 5.21. The van der Waals surface area contributed by atoms with Gasteiger partial charge in [-0.15, -0.1) is 0 Å². The molecule has 0 unspecified atom stereocenters. The average molecular weight is 291 g/mol. The number of esters is 1. The van der Waals surface area contributed by atoms with E-state index in [4.69, 9.17) is 4.74 Å². The van der Waals surface area contributed by atoms with Crippen molar-refractivity contribution in [2.45, 2.75) is 44.6 Å². The van der Waals surface area contributed by atoms with Crippen LogP contribution in [0.15, 0.2) is 24.2 Å². The molecule has 21 heavy (non-hydrogen) atoms. The number of aromatic nitrogens is 2. The normalized spacial score (nSPS) is 16.0. The number of allylic oxidation sites excluding steroid dienone is 1. The van der Waals surface area contributed by atoms with Gasteiger partial charge in [0.1, 0.15) is 6.04 Å². The number of methoxy groups -OCH3 is 1. The summed E-state index contributed by atoms with van der Waals surface area (Å²) in [5.41, 5.74) is 1.94. The van der Waals surface area contributed by atoms with Crippen molar-refractivity contribution < 1.29 is 14.3 Å². The Morgan fingerprint density at radius 2 is 2.33 bits per heavy atom. The molecule has 114 valence electrons. The number of nitrogens with one attached hydrogen (secondary N) is 2. The minimum Gasteiger partial charge on any atom is -0.467 e. The van der Waals surface area contributed by atoms with Gasteiger partial charge in [0.05, 0.1) is 13.4 Å². The summed E-state index contributed by atoms with van der Waals surface area (Å²) in [5.74, 6) is -0.589. The van der Waals surface area contributed by atoms with Crippen molar-refractivity contribution in [2.75, 3.05) is 7.11 Å². The molecular formula is C15H21N3O3. The van der Waals surface area contributed by atoms with Crippen molar-refractivity contribution in [1.29, 1.82) is 0 Å². The molecule has 2 N–H and O–H groups in total. The smallest absolute Gasteiger partial charge is 0.328 e. The van der Waals surface area contributed by atoms with Gasteiger partial charge in [0.2, 0.25) is 5.91 Å². The molecule has 1 amide bonds. The zero-order valence-electron chi connectivity index (χ0n) is 12.2. The van der Waals surface area contributed by atoms with E-state index in [1.807, 2.05) is 0 Å². The standard InChI is InChI=1S/C15H21N3O3/c1-21-15(20)13(8-12-9-16-10-17-12)18-14(19)7-11-5-3-2-4-6-11/h5,9-10,13H,2-4,6-8H2,1H3,(H,16,17)(H,18,19)/t13-/m0/s1. The Bertz CT molecular complexity index is 508. The van der Waals surface area contributed by atoms with E-state index in [2.05, 4.69) is 21.4 Å². The van der Waals surface area contributed by atoms with E-state index in [9.17, 15) is 9.59 Å². The number of imidazole rings is 1. The minimum atomic E-state index is -0.688. The van der Waals surface area contributed by atoms with Crippen molar-refractivity contribution in [1.82, 2.24) is 15.3 Å². The van der Waals surface area contributed by atoms with Gasteiger partial charge in [-0.3, -0.25) is 4.79 Å². The molecule has 1 aliphatic carbocycles. The SMILES string of the molecule is COC(=O)[C@H](Cc1cnc[nH]1)NC(=O)CC1=CCCCC1. The first-order valence-electron chi connectivity index (χ1n) is 7.21. The Morgan fingerprint density at radius 1 is 1.48 bits per heavy atom. The Hall–Kier alpha value is -2.11. The highest BCUT2D eigenvalue weighted by Gasteiger charge is 2.23. The van der Waals surface area contributed by atoms with Crippen LogP contribution in [0, 0.1) is 0 Å². The molecule has 0 aliphatic heterocycles. The number of carbonyl (C=O) groups excluding carboxylic acids is 2. The Morgan fingerprint density at radius 3 is 2.95 bits per heavy atom.